The van der Waals surface area contributed by atoms with Gasteiger partial charge in [0.25, 0.3) is 0 Å². The minimum absolute atomic E-state index is 0.0965. The van der Waals surface area contributed by atoms with Crippen LogP contribution < -0.4 is 10.5 Å². The van der Waals surface area contributed by atoms with Gasteiger partial charge in [-0.15, -0.1) is 0 Å². The summed E-state index contributed by atoms with van der Waals surface area (Å²) in [6, 6.07) is 1.03. The lowest BCUT2D eigenvalue weighted by Gasteiger charge is -2.07. The Kier molecular flexibility index (Phi) is 3.36. The summed E-state index contributed by atoms with van der Waals surface area (Å²) in [5.74, 6) is -2.85. The number of halogens is 2. The van der Waals surface area contributed by atoms with Crippen molar-refractivity contribution in [2.24, 2.45) is 5.73 Å². The largest absolute Gasteiger partial charge is 0.491 e. The van der Waals surface area contributed by atoms with Crippen molar-refractivity contribution in [3.63, 3.8) is 0 Å². The number of methoxy groups -OCH3 is 1. The molecule has 0 radical (unpaired) electrons. The van der Waals surface area contributed by atoms with E-state index in [-0.39, 0.29) is 5.56 Å². The first kappa shape index (κ1) is 11.6. The Morgan fingerprint density at radius 3 is 2.20 bits per heavy atom. The standard InChI is InChI=1S/C10H11F2NO2/c1-5(13)9(14)6-3-7(11)10(15-2)8(12)4-6/h3-5H,13H2,1-2H3. The third kappa shape index (κ3) is 2.30. The van der Waals surface area contributed by atoms with Crippen LogP contribution in [0.5, 0.6) is 5.75 Å². The molecule has 0 aliphatic carbocycles. The minimum Gasteiger partial charge on any atom is -0.491 e. The summed E-state index contributed by atoms with van der Waals surface area (Å²) < 4.78 is 30.8. The van der Waals surface area contributed by atoms with Crippen LogP contribution in [0.3, 0.4) is 0 Å². The van der Waals surface area contributed by atoms with E-state index in [2.05, 4.69) is 4.74 Å². The molecular formula is C10H11F2NO2. The van der Waals surface area contributed by atoms with Gasteiger partial charge in [0, 0.05) is 5.56 Å². The average molecular weight is 215 g/mol. The van der Waals surface area contributed by atoms with Crippen LogP contribution >= 0.6 is 0 Å². The number of ether oxygens (including phenoxy) is 1. The first-order valence-electron chi connectivity index (χ1n) is 4.30. The molecule has 0 aliphatic heterocycles. The average Bonchev–Trinajstić information content (AvgIpc) is 2.15. The monoisotopic (exact) mass is 215 g/mol. The number of hydrogen-bond acceptors (Lipinski definition) is 3. The summed E-state index contributed by atoms with van der Waals surface area (Å²) in [7, 11) is 1.15. The van der Waals surface area contributed by atoms with E-state index in [4.69, 9.17) is 5.73 Å². The van der Waals surface area contributed by atoms with Gasteiger partial charge in [-0.2, -0.15) is 0 Å². The number of ketones is 1. The smallest absolute Gasteiger partial charge is 0.190 e. The molecule has 1 unspecified atom stereocenters. The summed E-state index contributed by atoms with van der Waals surface area (Å²) in [4.78, 5) is 11.3. The highest BCUT2D eigenvalue weighted by molar-refractivity contribution is 5.99. The molecule has 15 heavy (non-hydrogen) atoms. The van der Waals surface area contributed by atoms with Crippen LogP contribution in [0.25, 0.3) is 0 Å². The van der Waals surface area contributed by atoms with Crippen molar-refractivity contribution in [3.8, 4) is 5.75 Å². The van der Waals surface area contributed by atoms with Crippen molar-refractivity contribution in [2.75, 3.05) is 7.11 Å². The van der Waals surface area contributed by atoms with Crippen molar-refractivity contribution < 1.29 is 18.3 Å². The molecule has 2 N–H and O–H groups in total. The Bertz CT molecular complexity index is 368. The molecule has 1 aromatic rings. The fourth-order valence-corrected chi connectivity index (χ4v) is 1.16. The van der Waals surface area contributed by atoms with Gasteiger partial charge in [-0.05, 0) is 19.1 Å². The maximum absolute atomic E-state index is 13.2. The second-order valence-electron chi connectivity index (χ2n) is 3.13. The molecule has 82 valence electrons. The molecule has 1 aromatic carbocycles. The Hall–Kier alpha value is -1.49. The minimum atomic E-state index is -0.915. The molecular weight excluding hydrogens is 204 g/mol. The zero-order chi connectivity index (χ0) is 11.6. The van der Waals surface area contributed by atoms with Crippen LogP contribution in [0.15, 0.2) is 12.1 Å². The summed E-state index contributed by atoms with van der Waals surface area (Å²) in [6.45, 7) is 1.45. The van der Waals surface area contributed by atoms with Gasteiger partial charge >= 0.3 is 0 Å². The van der Waals surface area contributed by atoms with Crippen LogP contribution in [-0.4, -0.2) is 18.9 Å². The second-order valence-corrected chi connectivity index (χ2v) is 3.13. The van der Waals surface area contributed by atoms with Crippen molar-refractivity contribution in [2.45, 2.75) is 13.0 Å². The molecule has 1 rings (SSSR count). The summed E-state index contributed by atoms with van der Waals surface area (Å²) in [6.07, 6.45) is 0. The summed E-state index contributed by atoms with van der Waals surface area (Å²) >= 11 is 0. The van der Waals surface area contributed by atoms with Gasteiger partial charge in [-0.3, -0.25) is 4.79 Å². The van der Waals surface area contributed by atoms with Gasteiger partial charge in [0.05, 0.1) is 13.2 Å². The molecule has 0 fully saturated rings. The molecule has 0 bridgehead atoms. The van der Waals surface area contributed by atoms with Crippen molar-refractivity contribution in [3.05, 3.63) is 29.3 Å². The van der Waals surface area contributed by atoms with Crippen LogP contribution in [0.1, 0.15) is 17.3 Å². The zero-order valence-electron chi connectivity index (χ0n) is 8.38. The molecule has 0 saturated heterocycles. The van der Waals surface area contributed by atoms with E-state index in [1.165, 1.54) is 6.92 Å². The van der Waals surface area contributed by atoms with E-state index in [0.29, 0.717) is 0 Å². The zero-order valence-corrected chi connectivity index (χ0v) is 8.38. The highest BCUT2D eigenvalue weighted by Gasteiger charge is 2.17. The first-order valence-corrected chi connectivity index (χ1v) is 4.30. The number of benzene rings is 1. The molecule has 0 amide bonds. The summed E-state index contributed by atoms with van der Waals surface area (Å²) in [5, 5.41) is 0. The van der Waals surface area contributed by atoms with Crippen LogP contribution in [-0.2, 0) is 0 Å². The Labute approximate surface area is 85.8 Å². The molecule has 0 heterocycles. The third-order valence-corrected chi connectivity index (χ3v) is 1.90. The van der Waals surface area contributed by atoms with Gasteiger partial charge in [0.15, 0.2) is 23.2 Å². The van der Waals surface area contributed by atoms with Gasteiger partial charge in [0.2, 0.25) is 0 Å². The third-order valence-electron chi connectivity index (χ3n) is 1.90. The SMILES string of the molecule is COc1c(F)cc(C(=O)C(C)N)cc1F. The van der Waals surface area contributed by atoms with E-state index in [9.17, 15) is 13.6 Å². The molecule has 0 aromatic heterocycles. The number of rotatable bonds is 3. The molecule has 1 atom stereocenters. The maximum Gasteiger partial charge on any atom is 0.190 e. The van der Waals surface area contributed by atoms with Crippen LogP contribution in [0.4, 0.5) is 8.78 Å². The van der Waals surface area contributed by atoms with Gasteiger partial charge < -0.3 is 10.5 Å². The number of Topliss-reactive ketones (excluding diaryl/α,β-unsaturated/α-hetero) is 1. The lowest BCUT2D eigenvalue weighted by atomic mass is 10.1. The van der Waals surface area contributed by atoms with Crippen LogP contribution in [0, 0.1) is 11.6 Å². The predicted molar refractivity (Wildman–Crippen MR) is 50.9 cm³/mol. The molecule has 5 heteroatoms. The second kappa shape index (κ2) is 4.35. The number of carbonyl (C=O) groups is 1. The molecule has 0 saturated carbocycles. The normalized spacial score (nSPS) is 12.3. The van der Waals surface area contributed by atoms with Crippen molar-refractivity contribution >= 4 is 5.78 Å². The topological polar surface area (TPSA) is 52.3 Å². The van der Waals surface area contributed by atoms with E-state index in [0.717, 1.165) is 19.2 Å². The number of hydrogen-bond donors (Lipinski definition) is 1. The molecule has 0 aliphatic rings. The van der Waals surface area contributed by atoms with Crippen LogP contribution in [0.2, 0.25) is 0 Å². The van der Waals surface area contributed by atoms with E-state index < -0.39 is 29.2 Å². The highest BCUT2D eigenvalue weighted by Crippen LogP contribution is 2.23. The summed E-state index contributed by atoms with van der Waals surface area (Å²) in [5.41, 5.74) is 5.22. The fraction of sp³-hybridized carbons (Fsp3) is 0.300. The maximum atomic E-state index is 13.2. The Morgan fingerprint density at radius 2 is 1.87 bits per heavy atom. The molecule has 3 nitrogen and oxygen atoms in total. The highest BCUT2D eigenvalue weighted by atomic mass is 19.1. The quantitative estimate of drug-likeness (QED) is 0.777. The van der Waals surface area contributed by atoms with E-state index in [1.54, 1.807) is 0 Å². The Morgan fingerprint density at radius 1 is 1.40 bits per heavy atom. The van der Waals surface area contributed by atoms with E-state index >= 15 is 0 Å². The number of carbonyl (C=O) groups excluding carboxylic acids is 1. The lowest BCUT2D eigenvalue weighted by molar-refractivity contribution is 0.0967. The lowest BCUT2D eigenvalue weighted by Crippen LogP contribution is -2.26. The van der Waals surface area contributed by atoms with Gasteiger partial charge in [0.1, 0.15) is 0 Å². The van der Waals surface area contributed by atoms with E-state index in [1.807, 2.05) is 0 Å². The van der Waals surface area contributed by atoms with Gasteiger partial charge in [-0.1, -0.05) is 0 Å². The molecule has 0 spiro atoms. The van der Waals surface area contributed by atoms with Crippen molar-refractivity contribution in [1.29, 1.82) is 0 Å². The number of nitrogens with two attached hydrogens (primary N) is 1. The first-order chi connectivity index (χ1) is 6.97. The van der Waals surface area contributed by atoms with Crippen molar-refractivity contribution in [1.82, 2.24) is 0 Å². The Balaban J connectivity index is 3.20. The predicted octanol–water partition coefficient (Wildman–Crippen LogP) is 1.50. The fourth-order valence-electron chi connectivity index (χ4n) is 1.16. The van der Waals surface area contributed by atoms with Gasteiger partial charge in [-0.25, -0.2) is 8.78 Å².